The van der Waals surface area contributed by atoms with E-state index in [-0.39, 0.29) is 0 Å². The molecule has 0 aromatic carbocycles. The van der Waals surface area contributed by atoms with Crippen molar-refractivity contribution in [2.75, 3.05) is 0 Å². The molecule has 0 radical (unpaired) electrons. The van der Waals surface area contributed by atoms with Gasteiger partial charge in [-0.15, -0.1) is 5.54 Å². The van der Waals surface area contributed by atoms with Crippen LogP contribution >= 0.6 is 22.6 Å². The molecular formula is C17H21IN2Si. The first-order chi connectivity index (χ1) is 9.76. The van der Waals surface area contributed by atoms with Gasteiger partial charge in [-0.3, -0.25) is 9.97 Å². The number of rotatable bonds is 0. The number of aromatic nitrogens is 2. The smallest absolute Gasteiger partial charge is 0.129 e. The Labute approximate surface area is 142 Å². The second kappa shape index (κ2) is 8.30. The first kappa shape index (κ1) is 17.9. The van der Waals surface area contributed by atoms with Crippen molar-refractivity contribution in [3.8, 4) is 11.5 Å². The molecule has 2 heterocycles. The highest BCUT2D eigenvalue weighted by molar-refractivity contribution is 14.1. The average Bonchev–Trinajstić information content (AvgIpc) is 2.36. The highest BCUT2D eigenvalue weighted by Crippen LogP contribution is 2.02. The largest absolute Gasteiger partial charge is 0.262 e. The number of halogens is 1. The molecule has 110 valence electrons. The molecule has 2 rings (SSSR count). The monoisotopic (exact) mass is 408 g/mol. The summed E-state index contributed by atoms with van der Waals surface area (Å²) in [5.41, 5.74) is 6.52. The fraction of sp³-hybridized carbons (Fsp3) is 0.294. The summed E-state index contributed by atoms with van der Waals surface area (Å²) in [6.45, 7) is 10.7. The predicted molar refractivity (Wildman–Crippen MR) is 101 cm³/mol. The topological polar surface area (TPSA) is 25.8 Å². The molecule has 2 nitrogen and oxygen atoms in total. The van der Waals surface area contributed by atoms with Crippen LogP contribution in [0.5, 0.6) is 0 Å². The summed E-state index contributed by atoms with van der Waals surface area (Å²) in [4.78, 5) is 8.16. The zero-order valence-corrected chi connectivity index (χ0v) is 16.4. The summed E-state index contributed by atoms with van der Waals surface area (Å²) in [5, 5.41) is 0. The Morgan fingerprint density at radius 1 is 0.952 bits per heavy atom. The number of hydrogen-bond donors (Lipinski definition) is 0. The zero-order valence-electron chi connectivity index (χ0n) is 13.2. The van der Waals surface area contributed by atoms with Gasteiger partial charge in [0.2, 0.25) is 0 Å². The molecule has 0 amide bonds. The molecule has 0 aliphatic carbocycles. The maximum Gasteiger partial charge on any atom is 0.129 e. The van der Waals surface area contributed by atoms with E-state index in [0.717, 1.165) is 17.0 Å². The quantitative estimate of drug-likeness (QED) is 0.361. The van der Waals surface area contributed by atoms with Crippen LogP contribution < -0.4 is 0 Å². The Kier molecular flexibility index (Phi) is 7.06. The van der Waals surface area contributed by atoms with E-state index in [9.17, 15) is 0 Å². The van der Waals surface area contributed by atoms with Crippen molar-refractivity contribution in [3.05, 3.63) is 57.2 Å². The molecule has 0 N–H and O–H groups in total. The molecule has 0 aliphatic rings. The van der Waals surface area contributed by atoms with Gasteiger partial charge in [0.1, 0.15) is 8.07 Å². The van der Waals surface area contributed by atoms with E-state index in [1.165, 1.54) is 3.57 Å². The first-order valence-corrected chi connectivity index (χ1v) is 11.4. The van der Waals surface area contributed by atoms with E-state index in [4.69, 9.17) is 0 Å². The SMILES string of the molecule is Cc1cc(C#C[Si](C)(C)C)ccn1.Cc1cc(I)ccn1. The number of hydrogen-bond acceptors (Lipinski definition) is 2. The summed E-state index contributed by atoms with van der Waals surface area (Å²) < 4.78 is 1.25. The molecule has 0 atom stereocenters. The molecule has 2 aromatic rings. The highest BCUT2D eigenvalue weighted by atomic mass is 127. The van der Waals surface area contributed by atoms with Crippen LogP contribution in [-0.2, 0) is 0 Å². The van der Waals surface area contributed by atoms with E-state index in [0.29, 0.717) is 0 Å². The van der Waals surface area contributed by atoms with Gasteiger partial charge in [0.25, 0.3) is 0 Å². The van der Waals surface area contributed by atoms with E-state index < -0.39 is 8.07 Å². The summed E-state index contributed by atoms with van der Waals surface area (Å²) in [5.74, 6) is 3.20. The third kappa shape index (κ3) is 8.63. The molecule has 0 saturated carbocycles. The summed E-state index contributed by atoms with van der Waals surface area (Å²) >= 11 is 2.27. The van der Waals surface area contributed by atoms with Crippen LogP contribution in [0.2, 0.25) is 19.6 Å². The van der Waals surface area contributed by atoms with Crippen LogP contribution in [0.3, 0.4) is 0 Å². The van der Waals surface area contributed by atoms with Gasteiger partial charge < -0.3 is 0 Å². The standard InChI is InChI=1S/C11H15NSi.C6H6IN/c1-10-9-11(5-7-12-10)6-8-13(2,3)4;1-5-4-6(7)2-3-8-5/h5,7,9H,1-4H3;2-4H,1H3. The summed E-state index contributed by atoms with van der Waals surface area (Å²) in [7, 11) is -1.24. The Bertz CT molecular complexity index is 634. The van der Waals surface area contributed by atoms with Crippen LogP contribution in [0.1, 0.15) is 17.0 Å². The van der Waals surface area contributed by atoms with Crippen molar-refractivity contribution in [1.29, 1.82) is 0 Å². The molecule has 0 unspecified atom stereocenters. The van der Waals surface area contributed by atoms with Gasteiger partial charge in [0.05, 0.1) is 0 Å². The normalized spacial score (nSPS) is 10.0. The van der Waals surface area contributed by atoms with Crippen LogP contribution in [-0.4, -0.2) is 18.0 Å². The molecule has 0 spiro atoms. The Morgan fingerprint density at radius 2 is 1.52 bits per heavy atom. The van der Waals surface area contributed by atoms with E-state index >= 15 is 0 Å². The maximum atomic E-state index is 4.13. The van der Waals surface area contributed by atoms with Crippen LogP contribution in [0.15, 0.2) is 36.7 Å². The Morgan fingerprint density at radius 3 is 1.95 bits per heavy atom. The van der Waals surface area contributed by atoms with Crippen LogP contribution in [0.4, 0.5) is 0 Å². The van der Waals surface area contributed by atoms with Gasteiger partial charge in [0, 0.05) is 32.9 Å². The molecular weight excluding hydrogens is 387 g/mol. The molecule has 0 fully saturated rings. The molecule has 21 heavy (non-hydrogen) atoms. The third-order valence-electron chi connectivity index (χ3n) is 2.34. The van der Waals surface area contributed by atoms with E-state index in [2.05, 4.69) is 63.7 Å². The fourth-order valence-corrected chi connectivity index (χ4v) is 2.52. The second-order valence-corrected chi connectivity index (χ2v) is 11.8. The summed E-state index contributed by atoms with van der Waals surface area (Å²) in [6.07, 6.45) is 3.63. The molecule has 4 heteroatoms. The number of pyridine rings is 2. The lowest BCUT2D eigenvalue weighted by atomic mass is 10.2. The lowest BCUT2D eigenvalue weighted by molar-refractivity contribution is 1.19. The zero-order chi connectivity index (χ0) is 15.9. The second-order valence-electron chi connectivity index (χ2n) is 5.80. The maximum absolute atomic E-state index is 4.13. The Balaban J connectivity index is 0.000000235. The lowest BCUT2D eigenvalue weighted by Gasteiger charge is -2.03. The van der Waals surface area contributed by atoms with Crippen molar-refractivity contribution in [2.24, 2.45) is 0 Å². The number of nitrogens with zero attached hydrogens (tertiary/aromatic N) is 2. The molecule has 0 saturated heterocycles. The molecule has 0 bridgehead atoms. The van der Waals surface area contributed by atoms with Crippen LogP contribution in [0.25, 0.3) is 0 Å². The predicted octanol–water partition coefficient (Wildman–Crippen LogP) is 4.61. The fourth-order valence-electron chi connectivity index (χ4n) is 1.39. The van der Waals surface area contributed by atoms with Crippen molar-refractivity contribution < 1.29 is 0 Å². The van der Waals surface area contributed by atoms with Gasteiger partial charge in [-0.2, -0.15) is 0 Å². The third-order valence-corrected chi connectivity index (χ3v) is 3.88. The molecule has 2 aromatic heterocycles. The van der Waals surface area contributed by atoms with Gasteiger partial charge in [-0.05, 0) is 60.7 Å². The lowest BCUT2D eigenvalue weighted by Crippen LogP contribution is -2.16. The minimum Gasteiger partial charge on any atom is -0.262 e. The van der Waals surface area contributed by atoms with E-state index in [1.807, 2.05) is 50.5 Å². The Hall–Kier alpha value is -1.19. The highest BCUT2D eigenvalue weighted by Gasteiger charge is 2.07. The minimum absolute atomic E-state index is 1.03. The van der Waals surface area contributed by atoms with Gasteiger partial charge in [-0.25, -0.2) is 0 Å². The van der Waals surface area contributed by atoms with Crippen LogP contribution in [0, 0.1) is 28.9 Å². The number of aryl methyl sites for hydroxylation is 2. The summed E-state index contributed by atoms with van der Waals surface area (Å²) in [6, 6.07) is 8.00. The van der Waals surface area contributed by atoms with Crippen molar-refractivity contribution in [3.63, 3.8) is 0 Å². The van der Waals surface area contributed by atoms with Gasteiger partial charge in [-0.1, -0.05) is 25.6 Å². The van der Waals surface area contributed by atoms with Crippen molar-refractivity contribution in [2.45, 2.75) is 33.5 Å². The van der Waals surface area contributed by atoms with Gasteiger partial charge >= 0.3 is 0 Å². The van der Waals surface area contributed by atoms with Gasteiger partial charge in [0.15, 0.2) is 0 Å². The average molecular weight is 408 g/mol. The minimum atomic E-state index is -1.24. The first-order valence-electron chi connectivity index (χ1n) is 6.80. The van der Waals surface area contributed by atoms with Crippen molar-refractivity contribution >= 4 is 30.7 Å². The molecule has 0 aliphatic heterocycles. The van der Waals surface area contributed by atoms with Crippen molar-refractivity contribution in [1.82, 2.24) is 9.97 Å². The van der Waals surface area contributed by atoms with E-state index in [1.54, 1.807) is 0 Å².